The molecule has 162 valence electrons. The van der Waals surface area contributed by atoms with Crippen molar-refractivity contribution in [2.24, 2.45) is 5.73 Å². The summed E-state index contributed by atoms with van der Waals surface area (Å²) in [5, 5.41) is 6.55. The molecule has 9 nitrogen and oxygen atoms in total. The Bertz CT molecular complexity index is 939. The summed E-state index contributed by atoms with van der Waals surface area (Å²) in [4.78, 5) is 23.4. The number of hydrogen-bond acceptors (Lipinski definition) is 8. The third-order valence-electron chi connectivity index (χ3n) is 4.98. The van der Waals surface area contributed by atoms with Crippen molar-refractivity contribution < 1.29 is 13.6 Å². The maximum atomic E-state index is 12.0. The molecule has 1 saturated heterocycles. The SMILES string of the molecule is CCc1nc(C(N)=O)c(Nc2cccc(CS(=O)[O-])c2)nc1NC1CCCN(C)C1. The van der Waals surface area contributed by atoms with Gasteiger partial charge in [-0.3, -0.25) is 9.00 Å². The summed E-state index contributed by atoms with van der Waals surface area (Å²) in [6.07, 6.45) is 2.73. The van der Waals surface area contributed by atoms with Gasteiger partial charge in [0.1, 0.15) is 0 Å². The Hall–Kier alpha value is -2.56. The molecule has 1 aromatic carbocycles. The molecule has 0 saturated carbocycles. The summed E-state index contributed by atoms with van der Waals surface area (Å²) in [7, 11) is 2.09. The zero-order valence-corrected chi connectivity index (χ0v) is 18.0. The number of benzene rings is 1. The molecule has 2 aromatic rings. The number of carbonyl (C=O) groups excluding carboxylic acids is 1. The number of carbonyl (C=O) groups is 1. The first kappa shape index (κ1) is 22.1. The van der Waals surface area contributed by atoms with E-state index < -0.39 is 17.0 Å². The summed E-state index contributed by atoms with van der Waals surface area (Å²) >= 11 is -2.19. The standard InChI is InChI=1S/C20H28N6O3S/c1-3-16-19(23-15-8-5-9-26(2)11-15)25-20(17(24-16)18(21)27)22-14-7-4-6-13(10-14)12-30(28)29/h4,6-7,10,15H,3,5,8-9,11-12H2,1-2H3,(H2,21,27)(H,28,29)(H2,22,23,25)/p-1. The molecule has 2 heterocycles. The van der Waals surface area contributed by atoms with Crippen molar-refractivity contribution in [2.75, 3.05) is 30.8 Å². The van der Waals surface area contributed by atoms with Gasteiger partial charge in [0, 0.05) is 24.0 Å². The molecular formula is C20H27N6O3S-. The van der Waals surface area contributed by atoms with Crippen LogP contribution >= 0.6 is 0 Å². The van der Waals surface area contributed by atoms with Crippen LogP contribution in [0.25, 0.3) is 0 Å². The van der Waals surface area contributed by atoms with E-state index in [1.54, 1.807) is 24.3 Å². The van der Waals surface area contributed by atoms with Gasteiger partial charge in [0.15, 0.2) is 17.3 Å². The smallest absolute Gasteiger partial charge is 0.271 e. The minimum absolute atomic E-state index is 0.0518. The van der Waals surface area contributed by atoms with E-state index in [1.807, 2.05) is 6.92 Å². The van der Waals surface area contributed by atoms with Crippen LogP contribution in [0.15, 0.2) is 24.3 Å². The van der Waals surface area contributed by atoms with Gasteiger partial charge < -0.3 is 25.8 Å². The van der Waals surface area contributed by atoms with Crippen LogP contribution in [0, 0.1) is 0 Å². The topological polar surface area (TPSA) is 136 Å². The van der Waals surface area contributed by atoms with Crippen molar-refractivity contribution in [2.45, 2.75) is 38.0 Å². The fourth-order valence-electron chi connectivity index (χ4n) is 3.58. The van der Waals surface area contributed by atoms with Crippen LogP contribution in [-0.2, 0) is 23.3 Å². The summed E-state index contributed by atoms with van der Waals surface area (Å²) in [5.41, 5.74) is 7.50. The molecule has 3 rings (SSSR count). The minimum atomic E-state index is -2.19. The number of likely N-dealkylation sites (tertiary alicyclic amines) is 1. The average Bonchev–Trinajstić information content (AvgIpc) is 2.68. The number of aromatic nitrogens is 2. The van der Waals surface area contributed by atoms with Gasteiger partial charge in [0.2, 0.25) is 0 Å². The van der Waals surface area contributed by atoms with E-state index in [2.05, 4.69) is 32.5 Å². The van der Waals surface area contributed by atoms with Crippen molar-refractivity contribution in [3.63, 3.8) is 0 Å². The highest BCUT2D eigenvalue weighted by molar-refractivity contribution is 7.78. The lowest BCUT2D eigenvalue weighted by atomic mass is 10.1. The predicted octanol–water partition coefficient (Wildman–Crippen LogP) is 1.77. The summed E-state index contributed by atoms with van der Waals surface area (Å²) in [6, 6.07) is 7.15. The second-order valence-electron chi connectivity index (χ2n) is 7.45. The van der Waals surface area contributed by atoms with Gasteiger partial charge in [-0.2, -0.15) is 0 Å². The lowest BCUT2D eigenvalue weighted by Gasteiger charge is -2.31. The number of nitrogens with two attached hydrogens (primary N) is 1. The first-order chi connectivity index (χ1) is 14.4. The molecular weight excluding hydrogens is 404 g/mol. The normalized spacial score (nSPS) is 18.0. The number of nitrogens with one attached hydrogen (secondary N) is 2. The number of hydrogen-bond donors (Lipinski definition) is 3. The Labute approximate surface area is 178 Å². The second kappa shape index (κ2) is 9.96. The first-order valence-electron chi connectivity index (χ1n) is 9.93. The van der Waals surface area contributed by atoms with Crippen molar-refractivity contribution in [1.82, 2.24) is 14.9 Å². The van der Waals surface area contributed by atoms with Crippen LogP contribution in [-0.4, -0.2) is 55.7 Å². The highest BCUT2D eigenvalue weighted by Crippen LogP contribution is 2.25. The molecule has 1 amide bonds. The third kappa shape index (κ3) is 5.74. The summed E-state index contributed by atoms with van der Waals surface area (Å²) in [6.45, 7) is 3.93. The van der Waals surface area contributed by atoms with Gasteiger partial charge in [-0.25, -0.2) is 9.97 Å². The molecule has 30 heavy (non-hydrogen) atoms. The molecule has 0 spiro atoms. The molecule has 1 aliphatic heterocycles. The predicted molar refractivity (Wildman–Crippen MR) is 116 cm³/mol. The Morgan fingerprint density at radius 2 is 2.17 bits per heavy atom. The molecule has 1 aliphatic rings. The maximum Gasteiger partial charge on any atom is 0.271 e. The molecule has 10 heteroatoms. The monoisotopic (exact) mass is 431 g/mol. The number of rotatable bonds is 8. The molecule has 0 radical (unpaired) electrons. The van der Waals surface area contributed by atoms with Gasteiger partial charge in [0.25, 0.3) is 5.91 Å². The number of anilines is 3. The molecule has 1 fully saturated rings. The Balaban J connectivity index is 1.92. The number of piperidine rings is 1. The lowest BCUT2D eigenvalue weighted by molar-refractivity contribution is 0.0996. The van der Waals surface area contributed by atoms with Crippen molar-refractivity contribution in [3.05, 3.63) is 41.2 Å². The number of primary amides is 1. The molecule has 2 unspecified atom stereocenters. The number of nitrogens with zero attached hydrogens (tertiary/aromatic N) is 3. The highest BCUT2D eigenvalue weighted by Gasteiger charge is 2.22. The number of aryl methyl sites for hydroxylation is 1. The molecule has 2 atom stereocenters. The number of likely N-dealkylation sites (N-methyl/N-ethyl adjacent to an activating group) is 1. The van der Waals surface area contributed by atoms with E-state index in [4.69, 9.17) is 5.73 Å². The van der Waals surface area contributed by atoms with Crippen LogP contribution in [0.4, 0.5) is 17.3 Å². The van der Waals surface area contributed by atoms with Crippen LogP contribution < -0.4 is 16.4 Å². The van der Waals surface area contributed by atoms with E-state index >= 15 is 0 Å². The van der Waals surface area contributed by atoms with E-state index in [0.717, 1.165) is 25.9 Å². The van der Waals surface area contributed by atoms with E-state index in [1.165, 1.54) is 0 Å². The second-order valence-corrected chi connectivity index (χ2v) is 8.35. The fourth-order valence-corrected chi connectivity index (χ4v) is 4.03. The lowest BCUT2D eigenvalue weighted by Crippen LogP contribution is -2.40. The van der Waals surface area contributed by atoms with Crippen LogP contribution in [0.2, 0.25) is 0 Å². The summed E-state index contributed by atoms with van der Waals surface area (Å²) < 4.78 is 22.0. The molecule has 0 bridgehead atoms. The number of amides is 1. The van der Waals surface area contributed by atoms with E-state index in [0.29, 0.717) is 29.2 Å². The van der Waals surface area contributed by atoms with Crippen molar-refractivity contribution >= 4 is 34.3 Å². The fraction of sp³-hybridized carbons (Fsp3) is 0.450. The Morgan fingerprint density at radius 3 is 2.83 bits per heavy atom. The average molecular weight is 432 g/mol. The molecule has 1 aromatic heterocycles. The quantitative estimate of drug-likeness (QED) is 0.538. The van der Waals surface area contributed by atoms with Crippen molar-refractivity contribution in [1.29, 1.82) is 0 Å². The Kier molecular flexibility index (Phi) is 7.35. The molecule has 4 N–H and O–H groups in total. The largest absolute Gasteiger partial charge is 0.772 e. The van der Waals surface area contributed by atoms with E-state index in [9.17, 15) is 13.6 Å². The zero-order chi connectivity index (χ0) is 21.7. The van der Waals surface area contributed by atoms with Gasteiger partial charge in [-0.15, -0.1) is 0 Å². The zero-order valence-electron chi connectivity index (χ0n) is 17.2. The van der Waals surface area contributed by atoms with Crippen LogP contribution in [0.3, 0.4) is 0 Å². The maximum absolute atomic E-state index is 12.0. The van der Waals surface area contributed by atoms with Crippen molar-refractivity contribution in [3.8, 4) is 0 Å². The van der Waals surface area contributed by atoms with Crippen LogP contribution in [0.1, 0.15) is 41.5 Å². The van der Waals surface area contributed by atoms with Crippen LogP contribution in [0.5, 0.6) is 0 Å². The Morgan fingerprint density at radius 1 is 1.37 bits per heavy atom. The highest BCUT2D eigenvalue weighted by atomic mass is 32.2. The van der Waals surface area contributed by atoms with E-state index in [-0.39, 0.29) is 23.3 Å². The van der Waals surface area contributed by atoms with Gasteiger partial charge in [0.05, 0.1) is 5.69 Å². The minimum Gasteiger partial charge on any atom is -0.772 e. The third-order valence-corrected chi connectivity index (χ3v) is 5.54. The first-order valence-corrected chi connectivity index (χ1v) is 11.2. The van der Waals surface area contributed by atoms with Gasteiger partial charge >= 0.3 is 0 Å². The molecule has 0 aliphatic carbocycles. The van der Waals surface area contributed by atoms with Gasteiger partial charge in [-0.1, -0.05) is 30.1 Å². The summed E-state index contributed by atoms with van der Waals surface area (Å²) in [5.74, 6) is 0.0926. The van der Waals surface area contributed by atoms with Gasteiger partial charge in [-0.05, 0) is 50.6 Å².